The fraction of sp³-hybridized carbons (Fsp3) is 0.353. The first-order valence-corrected chi connectivity index (χ1v) is 8.44. The highest BCUT2D eigenvalue weighted by Gasteiger charge is 2.12. The van der Waals surface area contributed by atoms with Gasteiger partial charge in [-0.1, -0.05) is 12.1 Å². The number of likely N-dealkylation sites (N-methyl/N-ethyl adjacent to an activating group) is 2. The smallest absolute Gasteiger partial charge is 0.238 e. The number of amides is 2. The lowest BCUT2D eigenvalue weighted by molar-refractivity contribution is -0.130. The average molecular weight is 346 g/mol. The molecule has 1 heterocycles. The number of thiazole rings is 1. The Balaban J connectivity index is 1.96. The van der Waals surface area contributed by atoms with E-state index in [4.69, 9.17) is 0 Å². The summed E-state index contributed by atoms with van der Waals surface area (Å²) in [5.41, 5.74) is 2.59. The van der Waals surface area contributed by atoms with Crippen molar-refractivity contribution in [3.8, 4) is 11.3 Å². The van der Waals surface area contributed by atoms with Crippen LogP contribution in [-0.2, 0) is 9.59 Å². The van der Waals surface area contributed by atoms with Gasteiger partial charge in [0.25, 0.3) is 0 Å². The van der Waals surface area contributed by atoms with Gasteiger partial charge >= 0.3 is 0 Å². The quantitative estimate of drug-likeness (QED) is 0.870. The van der Waals surface area contributed by atoms with E-state index < -0.39 is 0 Å². The van der Waals surface area contributed by atoms with Gasteiger partial charge in [-0.3, -0.25) is 14.5 Å². The van der Waals surface area contributed by atoms with Gasteiger partial charge in [0.1, 0.15) is 0 Å². The molecule has 0 aliphatic heterocycles. The molecule has 128 valence electrons. The van der Waals surface area contributed by atoms with Crippen LogP contribution in [0.5, 0.6) is 0 Å². The summed E-state index contributed by atoms with van der Waals surface area (Å²) in [5, 5.41) is 5.87. The number of anilines is 1. The van der Waals surface area contributed by atoms with Gasteiger partial charge in [0.2, 0.25) is 11.8 Å². The highest BCUT2D eigenvalue weighted by Crippen LogP contribution is 2.24. The first-order chi connectivity index (χ1) is 11.3. The van der Waals surface area contributed by atoms with Crippen molar-refractivity contribution in [3.63, 3.8) is 0 Å². The lowest BCUT2D eigenvalue weighted by atomic mass is 10.1. The molecule has 0 fully saturated rings. The standard InChI is InChI=1S/C17H22N4O2S/c1-12-18-15(11-24-12)13-6-5-7-14(8-13)19-16(22)9-21(4)10-17(23)20(2)3/h5-8,11H,9-10H2,1-4H3,(H,19,22). The van der Waals surface area contributed by atoms with Crippen LogP contribution in [0.3, 0.4) is 0 Å². The number of rotatable bonds is 6. The highest BCUT2D eigenvalue weighted by molar-refractivity contribution is 7.09. The van der Waals surface area contributed by atoms with Gasteiger partial charge in [-0.05, 0) is 26.1 Å². The molecule has 2 amide bonds. The molecule has 0 aliphatic rings. The summed E-state index contributed by atoms with van der Waals surface area (Å²) < 4.78 is 0. The van der Waals surface area contributed by atoms with Crippen LogP contribution in [0.1, 0.15) is 5.01 Å². The van der Waals surface area contributed by atoms with Crippen molar-refractivity contribution in [3.05, 3.63) is 34.7 Å². The number of benzene rings is 1. The minimum atomic E-state index is -0.157. The number of hydrogen-bond acceptors (Lipinski definition) is 5. The van der Waals surface area contributed by atoms with Gasteiger partial charge in [-0.15, -0.1) is 11.3 Å². The van der Waals surface area contributed by atoms with Crippen molar-refractivity contribution in [1.82, 2.24) is 14.8 Å². The third kappa shape index (κ3) is 5.14. The Morgan fingerprint density at radius 2 is 1.96 bits per heavy atom. The maximum Gasteiger partial charge on any atom is 0.238 e. The molecule has 2 rings (SSSR count). The van der Waals surface area contributed by atoms with Crippen molar-refractivity contribution in [2.75, 3.05) is 39.5 Å². The Morgan fingerprint density at radius 3 is 2.58 bits per heavy atom. The van der Waals surface area contributed by atoms with Crippen LogP contribution in [0.4, 0.5) is 5.69 Å². The molecule has 1 aromatic heterocycles. The Hall–Kier alpha value is -2.25. The van der Waals surface area contributed by atoms with Gasteiger partial charge in [0.05, 0.1) is 23.8 Å². The van der Waals surface area contributed by atoms with Gasteiger partial charge < -0.3 is 10.2 Å². The van der Waals surface area contributed by atoms with Gasteiger partial charge in [-0.2, -0.15) is 0 Å². The van der Waals surface area contributed by atoms with Crippen LogP contribution in [-0.4, -0.2) is 60.8 Å². The number of nitrogens with zero attached hydrogens (tertiary/aromatic N) is 3. The second-order valence-corrected chi connectivity index (χ2v) is 6.90. The summed E-state index contributed by atoms with van der Waals surface area (Å²) >= 11 is 1.59. The van der Waals surface area contributed by atoms with E-state index in [1.54, 1.807) is 37.4 Å². The molecule has 6 nitrogen and oxygen atoms in total. The molecular formula is C17H22N4O2S. The van der Waals surface area contributed by atoms with Crippen molar-refractivity contribution in [2.24, 2.45) is 0 Å². The number of hydrogen-bond donors (Lipinski definition) is 1. The highest BCUT2D eigenvalue weighted by atomic mass is 32.1. The van der Waals surface area contributed by atoms with Gasteiger partial charge in [0.15, 0.2) is 0 Å². The van der Waals surface area contributed by atoms with Crippen LogP contribution in [0.15, 0.2) is 29.6 Å². The normalized spacial score (nSPS) is 10.7. The zero-order valence-corrected chi connectivity index (χ0v) is 15.2. The molecule has 0 aliphatic carbocycles. The maximum atomic E-state index is 12.1. The molecule has 0 bridgehead atoms. The lowest BCUT2D eigenvalue weighted by Gasteiger charge is -2.18. The molecule has 24 heavy (non-hydrogen) atoms. The minimum absolute atomic E-state index is 0.0359. The molecule has 0 spiro atoms. The van der Waals surface area contributed by atoms with Crippen molar-refractivity contribution in [2.45, 2.75) is 6.92 Å². The van der Waals surface area contributed by atoms with Crippen LogP contribution in [0.2, 0.25) is 0 Å². The van der Waals surface area contributed by atoms with Gasteiger partial charge in [0, 0.05) is 30.7 Å². The average Bonchev–Trinajstić information content (AvgIpc) is 2.93. The molecule has 2 aromatic rings. The molecule has 0 unspecified atom stereocenters. The second kappa shape index (κ2) is 8.03. The summed E-state index contributed by atoms with van der Waals surface area (Å²) in [4.78, 5) is 31.4. The van der Waals surface area contributed by atoms with Crippen LogP contribution in [0, 0.1) is 6.92 Å². The zero-order chi connectivity index (χ0) is 17.7. The first-order valence-electron chi connectivity index (χ1n) is 7.56. The largest absolute Gasteiger partial charge is 0.348 e. The molecule has 7 heteroatoms. The van der Waals surface area contributed by atoms with E-state index in [1.807, 2.05) is 36.6 Å². The first kappa shape index (κ1) is 18.1. The van der Waals surface area contributed by atoms with E-state index in [0.29, 0.717) is 0 Å². The van der Waals surface area contributed by atoms with Crippen LogP contribution in [0.25, 0.3) is 11.3 Å². The third-order valence-electron chi connectivity index (χ3n) is 3.38. The topological polar surface area (TPSA) is 65.5 Å². The number of aryl methyl sites for hydroxylation is 1. The van der Waals surface area contributed by atoms with E-state index in [1.165, 1.54) is 4.90 Å². The Morgan fingerprint density at radius 1 is 1.21 bits per heavy atom. The number of carbonyl (C=O) groups is 2. The van der Waals surface area contributed by atoms with Crippen molar-refractivity contribution in [1.29, 1.82) is 0 Å². The van der Waals surface area contributed by atoms with Crippen molar-refractivity contribution >= 4 is 28.8 Å². The van der Waals surface area contributed by atoms with E-state index in [9.17, 15) is 9.59 Å². The fourth-order valence-electron chi connectivity index (χ4n) is 2.13. The lowest BCUT2D eigenvalue weighted by Crippen LogP contribution is -2.38. The molecule has 0 atom stereocenters. The third-order valence-corrected chi connectivity index (χ3v) is 4.15. The molecule has 0 saturated heterocycles. The van der Waals surface area contributed by atoms with E-state index in [0.717, 1.165) is 22.0 Å². The summed E-state index contributed by atoms with van der Waals surface area (Å²) in [7, 11) is 5.14. The molecule has 0 saturated carbocycles. The predicted molar refractivity (Wildman–Crippen MR) is 97.1 cm³/mol. The number of carbonyl (C=O) groups excluding carboxylic acids is 2. The predicted octanol–water partition coefficient (Wildman–Crippen LogP) is 2.08. The van der Waals surface area contributed by atoms with Gasteiger partial charge in [-0.25, -0.2) is 4.98 Å². The van der Waals surface area contributed by atoms with Crippen molar-refractivity contribution < 1.29 is 9.59 Å². The summed E-state index contributed by atoms with van der Waals surface area (Å²) in [6.45, 7) is 2.32. The molecule has 1 N–H and O–H groups in total. The summed E-state index contributed by atoms with van der Waals surface area (Å²) in [5.74, 6) is -0.193. The van der Waals surface area contributed by atoms with E-state index in [-0.39, 0.29) is 24.9 Å². The molecule has 1 aromatic carbocycles. The summed E-state index contributed by atoms with van der Waals surface area (Å²) in [6, 6.07) is 7.59. The molecular weight excluding hydrogens is 324 g/mol. The number of nitrogens with one attached hydrogen (secondary N) is 1. The Bertz CT molecular complexity index is 727. The fourth-order valence-corrected chi connectivity index (χ4v) is 2.75. The SMILES string of the molecule is Cc1nc(-c2cccc(NC(=O)CN(C)CC(=O)N(C)C)c2)cs1. The monoisotopic (exact) mass is 346 g/mol. The second-order valence-electron chi connectivity index (χ2n) is 5.84. The Kier molecular flexibility index (Phi) is 6.05. The van der Waals surface area contributed by atoms with E-state index >= 15 is 0 Å². The van der Waals surface area contributed by atoms with E-state index in [2.05, 4.69) is 10.3 Å². The minimum Gasteiger partial charge on any atom is -0.348 e. The summed E-state index contributed by atoms with van der Waals surface area (Å²) in [6.07, 6.45) is 0. The zero-order valence-electron chi connectivity index (χ0n) is 14.4. The number of aromatic nitrogens is 1. The Labute approximate surface area is 146 Å². The maximum absolute atomic E-state index is 12.1. The van der Waals surface area contributed by atoms with Crippen LogP contribution >= 0.6 is 11.3 Å². The van der Waals surface area contributed by atoms with Crippen LogP contribution < -0.4 is 5.32 Å². The molecule has 0 radical (unpaired) electrons.